The van der Waals surface area contributed by atoms with Crippen molar-refractivity contribution < 1.29 is 9.66 Å². The summed E-state index contributed by atoms with van der Waals surface area (Å²) in [6, 6.07) is 13.1. The summed E-state index contributed by atoms with van der Waals surface area (Å²) in [5.74, 6) is 0. The highest BCUT2D eigenvalue weighted by Gasteiger charge is 2.19. The number of nitrogens with one attached hydrogen (secondary N) is 1. The van der Waals surface area contributed by atoms with Gasteiger partial charge in [-0.25, -0.2) is 0 Å². The maximum atomic E-state index is 11.4. The van der Waals surface area contributed by atoms with Crippen LogP contribution in [0.5, 0.6) is 0 Å². The highest BCUT2D eigenvalue weighted by Crippen LogP contribution is 2.32. The molecular weight excluding hydrogens is 386 g/mol. The normalized spacial score (nSPS) is 15.7. The van der Waals surface area contributed by atoms with Crippen molar-refractivity contribution in [2.75, 3.05) is 36.5 Å². The SMILES string of the molecule is C[C@@H](Nc1cc(N2CCOCC2)ccc1[N+](=O)[O-])c1ccc(Br)cc1. The number of halogens is 1. The molecule has 2 aromatic carbocycles. The fourth-order valence-electron chi connectivity index (χ4n) is 2.89. The van der Waals surface area contributed by atoms with Gasteiger partial charge in [0.05, 0.1) is 18.1 Å². The van der Waals surface area contributed by atoms with Crippen LogP contribution in [0.1, 0.15) is 18.5 Å². The second kappa shape index (κ2) is 7.84. The zero-order valence-electron chi connectivity index (χ0n) is 13.9. The molecular formula is C18H20BrN3O3. The van der Waals surface area contributed by atoms with Crippen LogP contribution >= 0.6 is 15.9 Å². The van der Waals surface area contributed by atoms with Crippen LogP contribution in [0.2, 0.25) is 0 Å². The molecule has 1 atom stereocenters. The van der Waals surface area contributed by atoms with Crippen LogP contribution in [0.15, 0.2) is 46.9 Å². The first kappa shape index (κ1) is 17.7. The monoisotopic (exact) mass is 405 g/mol. The summed E-state index contributed by atoms with van der Waals surface area (Å²) in [5.41, 5.74) is 2.65. The third-order valence-corrected chi connectivity index (χ3v) is 4.82. The molecule has 0 unspecified atom stereocenters. The first-order valence-corrected chi connectivity index (χ1v) is 8.97. The van der Waals surface area contributed by atoms with Gasteiger partial charge in [-0.15, -0.1) is 0 Å². The Morgan fingerprint density at radius 1 is 1.20 bits per heavy atom. The fraction of sp³-hybridized carbons (Fsp3) is 0.333. The Bertz CT molecular complexity index is 746. The number of nitro groups is 1. The van der Waals surface area contributed by atoms with Crippen LogP contribution in [0.4, 0.5) is 17.1 Å². The van der Waals surface area contributed by atoms with Crippen LogP contribution in [0.25, 0.3) is 0 Å². The fourth-order valence-corrected chi connectivity index (χ4v) is 3.15. The third kappa shape index (κ3) is 4.29. The minimum absolute atomic E-state index is 0.0493. The number of hydrogen-bond donors (Lipinski definition) is 1. The van der Waals surface area contributed by atoms with Crippen molar-refractivity contribution in [3.8, 4) is 0 Å². The molecule has 6 nitrogen and oxygen atoms in total. The Hall–Kier alpha value is -2.12. The lowest BCUT2D eigenvalue weighted by atomic mass is 10.1. The molecule has 25 heavy (non-hydrogen) atoms. The van der Waals surface area contributed by atoms with Gasteiger partial charge in [0.15, 0.2) is 0 Å². The molecule has 3 rings (SSSR count). The first-order chi connectivity index (χ1) is 12.0. The highest BCUT2D eigenvalue weighted by molar-refractivity contribution is 9.10. The molecule has 0 aliphatic carbocycles. The minimum Gasteiger partial charge on any atom is -0.378 e. The topological polar surface area (TPSA) is 67.6 Å². The van der Waals surface area contributed by atoms with Crippen LogP contribution in [0, 0.1) is 10.1 Å². The lowest BCUT2D eigenvalue weighted by molar-refractivity contribution is -0.384. The molecule has 1 saturated heterocycles. The summed E-state index contributed by atoms with van der Waals surface area (Å²) < 4.78 is 6.38. The lowest BCUT2D eigenvalue weighted by Crippen LogP contribution is -2.36. The number of hydrogen-bond acceptors (Lipinski definition) is 5. The Morgan fingerprint density at radius 2 is 1.88 bits per heavy atom. The van der Waals surface area contributed by atoms with Crippen molar-refractivity contribution >= 4 is 33.0 Å². The summed E-state index contributed by atoms with van der Waals surface area (Å²) in [6.07, 6.45) is 0. The van der Waals surface area contributed by atoms with Gasteiger partial charge in [0.2, 0.25) is 0 Å². The largest absolute Gasteiger partial charge is 0.378 e. The molecule has 2 aromatic rings. The zero-order valence-corrected chi connectivity index (χ0v) is 15.5. The maximum absolute atomic E-state index is 11.4. The number of anilines is 2. The summed E-state index contributed by atoms with van der Waals surface area (Å²) in [5, 5.41) is 14.7. The van der Waals surface area contributed by atoms with Gasteiger partial charge in [-0.05, 0) is 36.8 Å². The van der Waals surface area contributed by atoms with Gasteiger partial charge in [0, 0.05) is 35.4 Å². The summed E-state index contributed by atoms with van der Waals surface area (Å²) >= 11 is 3.42. The molecule has 0 bridgehead atoms. The molecule has 0 spiro atoms. The van der Waals surface area contributed by atoms with E-state index in [-0.39, 0.29) is 16.7 Å². The third-order valence-electron chi connectivity index (χ3n) is 4.30. The Labute approximate surface area is 155 Å². The molecule has 1 aliphatic rings. The number of benzene rings is 2. The predicted molar refractivity (Wildman–Crippen MR) is 102 cm³/mol. The zero-order chi connectivity index (χ0) is 17.8. The number of rotatable bonds is 5. The van der Waals surface area contributed by atoms with Crippen molar-refractivity contribution in [3.63, 3.8) is 0 Å². The van der Waals surface area contributed by atoms with Crippen LogP contribution in [0.3, 0.4) is 0 Å². The molecule has 1 N–H and O–H groups in total. The summed E-state index contributed by atoms with van der Waals surface area (Å²) in [6.45, 7) is 4.93. The van der Waals surface area contributed by atoms with Crippen LogP contribution < -0.4 is 10.2 Å². The number of nitrogens with zero attached hydrogens (tertiary/aromatic N) is 2. The van der Waals surface area contributed by atoms with Crippen molar-refractivity contribution in [1.29, 1.82) is 0 Å². The average Bonchev–Trinajstić information content (AvgIpc) is 2.62. The molecule has 0 saturated carbocycles. The van der Waals surface area contributed by atoms with E-state index in [2.05, 4.69) is 26.1 Å². The van der Waals surface area contributed by atoms with Gasteiger partial charge in [0.25, 0.3) is 5.69 Å². The quantitative estimate of drug-likeness (QED) is 0.590. The average molecular weight is 406 g/mol. The molecule has 0 aromatic heterocycles. The predicted octanol–water partition coefficient (Wildman–Crippen LogP) is 4.37. The second-order valence-electron chi connectivity index (χ2n) is 5.98. The van der Waals surface area contributed by atoms with E-state index in [0.717, 1.165) is 28.8 Å². The van der Waals surface area contributed by atoms with Gasteiger partial charge in [-0.3, -0.25) is 10.1 Å². The Balaban J connectivity index is 1.86. The molecule has 0 amide bonds. The Morgan fingerprint density at radius 3 is 2.52 bits per heavy atom. The smallest absolute Gasteiger partial charge is 0.292 e. The summed E-state index contributed by atoms with van der Waals surface area (Å²) in [7, 11) is 0. The van der Waals surface area contributed by atoms with Gasteiger partial charge in [-0.1, -0.05) is 28.1 Å². The highest BCUT2D eigenvalue weighted by atomic mass is 79.9. The van der Waals surface area contributed by atoms with Crippen LogP contribution in [-0.4, -0.2) is 31.2 Å². The van der Waals surface area contributed by atoms with Crippen molar-refractivity contribution in [3.05, 3.63) is 62.6 Å². The molecule has 1 heterocycles. The molecule has 7 heteroatoms. The number of ether oxygens (including phenoxy) is 1. The first-order valence-electron chi connectivity index (χ1n) is 8.18. The molecule has 1 aliphatic heterocycles. The van der Waals surface area contributed by atoms with Crippen molar-refractivity contribution in [2.45, 2.75) is 13.0 Å². The summed E-state index contributed by atoms with van der Waals surface area (Å²) in [4.78, 5) is 13.2. The van der Waals surface area contributed by atoms with E-state index >= 15 is 0 Å². The van der Waals surface area contributed by atoms with E-state index in [0.29, 0.717) is 18.9 Å². The van der Waals surface area contributed by atoms with E-state index in [4.69, 9.17) is 4.74 Å². The van der Waals surface area contributed by atoms with Crippen LogP contribution in [-0.2, 0) is 4.74 Å². The standard InChI is InChI=1S/C18H20BrN3O3/c1-13(14-2-4-15(19)5-3-14)20-17-12-16(6-7-18(17)22(23)24)21-8-10-25-11-9-21/h2-7,12-13,20H,8-11H2,1H3/t13-/m1/s1. The van der Waals surface area contributed by atoms with Gasteiger partial charge >= 0.3 is 0 Å². The van der Waals surface area contributed by atoms with E-state index in [1.807, 2.05) is 37.3 Å². The van der Waals surface area contributed by atoms with Gasteiger partial charge in [-0.2, -0.15) is 0 Å². The molecule has 0 radical (unpaired) electrons. The Kier molecular flexibility index (Phi) is 5.55. The van der Waals surface area contributed by atoms with E-state index in [9.17, 15) is 10.1 Å². The minimum atomic E-state index is -0.347. The van der Waals surface area contributed by atoms with Gasteiger partial charge < -0.3 is 15.0 Å². The van der Waals surface area contributed by atoms with Crippen molar-refractivity contribution in [2.24, 2.45) is 0 Å². The number of morpholine rings is 1. The number of nitro benzene ring substituents is 1. The molecule has 132 valence electrons. The van der Waals surface area contributed by atoms with E-state index < -0.39 is 0 Å². The molecule has 1 fully saturated rings. The van der Waals surface area contributed by atoms with E-state index in [1.54, 1.807) is 12.1 Å². The second-order valence-corrected chi connectivity index (χ2v) is 6.89. The van der Waals surface area contributed by atoms with E-state index in [1.165, 1.54) is 0 Å². The lowest BCUT2D eigenvalue weighted by Gasteiger charge is -2.29. The maximum Gasteiger partial charge on any atom is 0.292 e. The van der Waals surface area contributed by atoms with Crippen molar-refractivity contribution in [1.82, 2.24) is 0 Å². The van der Waals surface area contributed by atoms with Gasteiger partial charge in [0.1, 0.15) is 5.69 Å².